The summed E-state index contributed by atoms with van der Waals surface area (Å²) in [6, 6.07) is -0.238. The Morgan fingerprint density at radius 2 is 2.00 bits per heavy atom. The Morgan fingerprint density at radius 1 is 1.30 bits per heavy atom. The molecule has 2 amide bonds. The molecule has 0 saturated carbocycles. The topological polar surface area (TPSA) is 87.7 Å². The number of hydrogen-bond donors (Lipinski definition) is 2. The smallest absolute Gasteiger partial charge is 0.315 e. The predicted octanol–water partition coefficient (Wildman–Crippen LogP) is 0.220. The summed E-state index contributed by atoms with van der Waals surface area (Å²) in [4.78, 5) is 14.4. The van der Waals surface area contributed by atoms with Crippen LogP contribution in [-0.4, -0.2) is 75.8 Å². The Hall–Kier alpha value is -0.860. The van der Waals surface area contributed by atoms with E-state index in [4.69, 9.17) is 4.74 Å². The number of sulfone groups is 1. The number of amides is 2. The van der Waals surface area contributed by atoms with E-state index in [2.05, 4.69) is 29.4 Å². The Balaban J connectivity index is 1.79. The monoisotopic (exact) mass is 347 g/mol. The summed E-state index contributed by atoms with van der Waals surface area (Å²) in [5.74, 6) is 0.772. The van der Waals surface area contributed by atoms with Crippen LogP contribution in [0.1, 0.15) is 26.7 Å². The molecule has 2 heterocycles. The molecule has 0 bridgehead atoms. The maximum atomic E-state index is 12.0. The molecule has 2 atom stereocenters. The minimum Gasteiger partial charge on any atom is -0.379 e. The Bertz CT molecular complexity index is 489. The van der Waals surface area contributed by atoms with Gasteiger partial charge in [0.25, 0.3) is 0 Å². The first kappa shape index (κ1) is 18.5. The molecule has 0 aromatic rings. The van der Waals surface area contributed by atoms with Gasteiger partial charge in [-0.2, -0.15) is 0 Å². The van der Waals surface area contributed by atoms with Gasteiger partial charge in [0.15, 0.2) is 9.84 Å². The highest BCUT2D eigenvalue weighted by atomic mass is 32.2. The Morgan fingerprint density at radius 3 is 2.57 bits per heavy atom. The first-order valence-electron chi connectivity index (χ1n) is 8.42. The van der Waals surface area contributed by atoms with E-state index >= 15 is 0 Å². The largest absolute Gasteiger partial charge is 0.379 e. The number of ether oxygens (including phenoxy) is 1. The highest BCUT2D eigenvalue weighted by Gasteiger charge is 2.29. The van der Waals surface area contributed by atoms with E-state index in [-0.39, 0.29) is 29.6 Å². The molecule has 2 aliphatic heterocycles. The molecular formula is C15H29N3O4S. The molecular weight excluding hydrogens is 318 g/mol. The van der Waals surface area contributed by atoms with Crippen LogP contribution >= 0.6 is 0 Å². The quantitative estimate of drug-likeness (QED) is 0.718. The van der Waals surface area contributed by atoms with Crippen molar-refractivity contribution in [3.05, 3.63) is 0 Å². The molecule has 8 heteroatoms. The van der Waals surface area contributed by atoms with Crippen LogP contribution in [0.5, 0.6) is 0 Å². The van der Waals surface area contributed by atoms with Crippen molar-refractivity contribution in [3.63, 3.8) is 0 Å². The van der Waals surface area contributed by atoms with Crippen molar-refractivity contribution in [2.75, 3.05) is 44.4 Å². The number of nitrogens with one attached hydrogen (secondary N) is 2. The SMILES string of the molecule is CC(C)C[C@@H](CNC(=O)N[C@@H]1CCS(=O)(=O)C1)N1CCOCC1. The van der Waals surface area contributed by atoms with Crippen molar-refractivity contribution < 1.29 is 17.9 Å². The van der Waals surface area contributed by atoms with Crippen LogP contribution < -0.4 is 10.6 Å². The fourth-order valence-electron chi connectivity index (χ4n) is 3.20. The van der Waals surface area contributed by atoms with Gasteiger partial charge in [-0.1, -0.05) is 13.8 Å². The van der Waals surface area contributed by atoms with Gasteiger partial charge in [-0.3, -0.25) is 4.90 Å². The first-order chi connectivity index (χ1) is 10.9. The summed E-state index contributed by atoms with van der Waals surface area (Å²) in [5, 5.41) is 5.69. The van der Waals surface area contributed by atoms with Crippen LogP contribution in [0, 0.1) is 5.92 Å². The molecule has 0 unspecified atom stereocenters. The van der Waals surface area contributed by atoms with Gasteiger partial charge in [-0.15, -0.1) is 0 Å². The summed E-state index contributed by atoms with van der Waals surface area (Å²) in [6.07, 6.45) is 1.52. The summed E-state index contributed by atoms with van der Waals surface area (Å²) in [6.45, 7) is 8.18. The average Bonchev–Trinajstić information content (AvgIpc) is 2.83. The Kier molecular flexibility index (Phi) is 6.67. The van der Waals surface area contributed by atoms with Gasteiger partial charge in [-0.25, -0.2) is 13.2 Å². The second kappa shape index (κ2) is 8.30. The van der Waals surface area contributed by atoms with E-state index in [1.807, 2.05) is 0 Å². The Labute approximate surface area is 139 Å². The molecule has 0 aliphatic carbocycles. The van der Waals surface area contributed by atoms with Gasteiger partial charge in [0.2, 0.25) is 0 Å². The number of morpholine rings is 1. The van der Waals surface area contributed by atoms with E-state index in [9.17, 15) is 13.2 Å². The minimum atomic E-state index is -2.97. The number of carbonyl (C=O) groups is 1. The van der Waals surface area contributed by atoms with Crippen molar-refractivity contribution >= 4 is 15.9 Å². The summed E-state index contributed by atoms with van der Waals surface area (Å²) < 4.78 is 28.2. The highest BCUT2D eigenvalue weighted by Crippen LogP contribution is 2.13. The van der Waals surface area contributed by atoms with Gasteiger partial charge < -0.3 is 15.4 Å². The zero-order valence-electron chi connectivity index (χ0n) is 14.1. The summed E-state index contributed by atoms with van der Waals surface area (Å²) in [5.41, 5.74) is 0. The molecule has 134 valence electrons. The van der Waals surface area contributed by atoms with Gasteiger partial charge in [0, 0.05) is 31.7 Å². The van der Waals surface area contributed by atoms with E-state index in [0.717, 1.165) is 32.7 Å². The van der Waals surface area contributed by atoms with Crippen LogP contribution in [0.3, 0.4) is 0 Å². The molecule has 2 N–H and O–H groups in total. The third kappa shape index (κ3) is 6.27. The van der Waals surface area contributed by atoms with E-state index in [0.29, 0.717) is 18.9 Å². The lowest BCUT2D eigenvalue weighted by atomic mass is 10.0. The third-order valence-corrected chi connectivity index (χ3v) is 6.14. The third-order valence-electron chi connectivity index (χ3n) is 4.37. The maximum absolute atomic E-state index is 12.0. The van der Waals surface area contributed by atoms with Crippen molar-refractivity contribution in [1.29, 1.82) is 0 Å². The van der Waals surface area contributed by atoms with Crippen molar-refractivity contribution in [3.8, 4) is 0 Å². The van der Waals surface area contributed by atoms with Crippen LogP contribution in [-0.2, 0) is 14.6 Å². The van der Waals surface area contributed by atoms with E-state index < -0.39 is 9.84 Å². The number of nitrogens with zero attached hydrogens (tertiary/aromatic N) is 1. The average molecular weight is 347 g/mol. The van der Waals surface area contributed by atoms with E-state index in [1.54, 1.807) is 0 Å². The van der Waals surface area contributed by atoms with Crippen LogP contribution in [0.15, 0.2) is 0 Å². The van der Waals surface area contributed by atoms with Crippen molar-refractivity contribution in [2.24, 2.45) is 5.92 Å². The maximum Gasteiger partial charge on any atom is 0.315 e. The fraction of sp³-hybridized carbons (Fsp3) is 0.933. The second-order valence-electron chi connectivity index (χ2n) is 6.89. The van der Waals surface area contributed by atoms with Crippen molar-refractivity contribution in [2.45, 2.75) is 38.8 Å². The molecule has 2 fully saturated rings. The van der Waals surface area contributed by atoms with Crippen LogP contribution in [0.25, 0.3) is 0 Å². The molecule has 0 spiro atoms. The molecule has 2 rings (SSSR count). The van der Waals surface area contributed by atoms with Gasteiger partial charge >= 0.3 is 6.03 Å². The fourth-order valence-corrected chi connectivity index (χ4v) is 4.88. The lowest BCUT2D eigenvalue weighted by molar-refractivity contribution is 0.0129. The summed E-state index contributed by atoms with van der Waals surface area (Å²) in [7, 11) is -2.97. The molecule has 0 aromatic heterocycles. The first-order valence-corrected chi connectivity index (χ1v) is 10.2. The van der Waals surface area contributed by atoms with Crippen molar-refractivity contribution in [1.82, 2.24) is 15.5 Å². The molecule has 0 radical (unpaired) electrons. The number of urea groups is 1. The van der Waals surface area contributed by atoms with E-state index in [1.165, 1.54) is 0 Å². The number of carbonyl (C=O) groups excluding carboxylic acids is 1. The molecule has 7 nitrogen and oxygen atoms in total. The zero-order chi connectivity index (χ0) is 16.9. The molecule has 2 aliphatic rings. The molecule has 23 heavy (non-hydrogen) atoms. The van der Waals surface area contributed by atoms with Gasteiger partial charge in [-0.05, 0) is 18.8 Å². The lowest BCUT2D eigenvalue weighted by Gasteiger charge is -2.35. The van der Waals surface area contributed by atoms with Gasteiger partial charge in [0.1, 0.15) is 0 Å². The number of hydrogen-bond acceptors (Lipinski definition) is 5. The molecule has 2 saturated heterocycles. The van der Waals surface area contributed by atoms with Gasteiger partial charge in [0.05, 0.1) is 24.7 Å². The number of rotatable bonds is 6. The van der Waals surface area contributed by atoms with Crippen LogP contribution in [0.2, 0.25) is 0 Å². The standard InChI is InChI=1S/C15H29N3O4S/c1-12(2)9-14(18-4-6-22-7-5-18)10-16-15(19)17-13-3-8-23(20,21)11-13/h12-14H,3-11H2,1-2H3,(H2,16,17,19)/t13-,14+/m1/s1. The lowest BCUT2D eigenvalue weighted by Crippen LogP contribution is -2.51. The molecule has 0 aromatic carbocycles. The predicted molar refractivity (Wildman–Crippen MR) is 89.2 cm³/mol. The summed E-state index contributed by atoms with van der Waals surface area (Å²) >= 11 is 0. The highest BCUT2D eigenvalue weighted by molar-refractivity contribution is 7.91. The minimum absolute atomic E-state index is 0.0549. The van der Waals surface area contributed by atoms with Crippen LogP contribution in [0.4, 0.5) is 4.79 Å². The normalized spacial score (nSPS) is 26.1. The second-order valence-corrected chi connectivity index (χ2v) is 9.11. The zero-order valence-corrected chi connectivity index (χ0v) is 14.9.